The lowest BCUT2D eigenvalue weighted by atomic mass is 9.86. The van der Waals surface area contributed by atoms with Gasteiger partial charge in [-0.15, -0.1) is 0 Å². The second kappa shape index (κ2) is 11.3. The average Bonchev–Trinajstić information content (AvgIpc) is 3.56. The molecule has 0 fully saturated rings. The number of fused-ring (bicyclic) bond motifs is 6. The Balaban J connectivity index is 1.28. The molecule has 0 N–H and O–H groups in total. The predicted octanol–water partition coefficient (Wildman–Crippen LogP) is 14.0. The Morgan fingerprint density at radius 2 is 0.981 bits per heavy atom. The third kappa shape index (κ3) is 4.25. The summed E-state index contributed by atoms with van der Waals surface area (Å²) in [6.45, 7) is 0. The van der Waals surface area contributed by atoms with Gasteiger partial charge in [-0.3, -0.25) is 0 Å². The van der Waals surface area contributed by atoms with Gasteiger partial charge in [0.25, 0.3) is 0 Å². The van der Waals surface area contributed by atoms with E-state index in [9.17, 15) is 0 Å². The number of para-hydroxylation sites is 3. The van der Waals surface area contributed by atoms with Crippen molar-refractivity contribution in [2.75, 3.05) is 4.90 Å². The molecular weight excluding hydrogens is 629 g/mol. The third-order valence-electron chi connectivity index (χ3n) is 10.8. The lowest BCUT2D eigenvalue weighted by molar-refractivity contribution is 1.18. The van der Waals surface area contributed by atoms with Crippen molar-refractivity contribution in [1.29, 1.82) is 0 Å². The van der Waals surface area contributed by atoms with Gasteiger partial charge in [-0.05, 0) is 104 Å². The van der Waals surface area contributed by atoms with Crippen molar-refractivity contribution in [3.63, 3.8) is 0 Å². The molecule has 0 aliphatic rings. The van der Waals surface area contributed by atoms with E-state index < -0.39 is 0 Å². The molecule has 2 heteroatoms. The molecule has 1 heterocycles. The highest BCUT2D eigenvalue weighted by molar-refractivity contribution is 6.39. The van der Waals surface area contributed by atoms with Crippen LogP contribution in [0.4, 0.5) is 17.1 Å². The molecule has 0 saturated heterocycles. The summed E-state index contributed by atoms with van der Waals surface area (Å²) in [5, 5.41) is 12.8. The van der Waals surface area contributed by atoms with Gasteiger partial charge in [-0.1, -0.05) is 133 Å². The van der Waals surface area contributed by atoms with Gasteiger partial charge in [0.1, 0.15) is 0 Å². The van der Waals surface area contributed by atoms with E-state index in [1.807, 2.05) is 0 Å². The Labute approximate surface area is 301 Å². The van der Waals surface area contributed by atoms with Gasteiger partial charge in [-0.25, -0.2) is 0 Å². The van der Waals surface area contributed by atoms with E-state index in [1.165, 1.54) is 76.0 Å². The maximum atomic E-state index is 2.50. The Morgan fingerprint density at radius 1 is 0.346 bits per heavy atom. The molecule has 242 valence electrons. The number of nitrogens with zero attached hydrogens (tertiary/aromatic N) is 2. The Bertz CT molecular complexity index is 3070. The summed E-state index contributed by atoms with van der Waals surface area (Å²) in [7, 11) is 0. The summed E-state index contributed by atoms with van der Waals surface area (Å²) in [5.74, 6) is 0. The minimum absolute atomic E-state index is 1.12. The zero-order valence-corrected chi connectivity index (χ0v) is 28.4. The van der Waals surface area contributed by atoms with Crippen LogP contribution < -0.4 is 4.90 Å². The topological polar surface area (TPSA) is 8.17 Å². The minimum Gasteiger partial charge on any atom is -0.310 e. The van der Waals surface area contributed by atoms with Gasteiger partial charge >= 0.3 is 0 Å². The fourth-order valence-electron chi connectivity index (χ4n) is 8.64. The SMILES string of the molecule is c1ccc(N(c2ccccc2)c2ccc3c4c5cccc6cc(-c7ccc8ccccc8c7)c7cccc(c7c65)c4n(-c4ccccc4)c3c2)cc1. The normalized spacial score (nSPS) is 11.8. The number of anilines is 3. The summed E-state index contributed by atoms with van der Waals surface area (Å²) in [4.78, 5) is 2.35. The van der Waals surface area contributed by atoms with Crippen LogP contribution in [-0.2, 0) is 0 Å². The molecule has 0 spiro atoms. The van der Waals surface area contributed by atoms with E-state index in [2.05, 4.69) is 204 Å². The smallest absolute Gasteiger partial charge is 0.0626 e. The highest BCUT2D eigenvalue weighted by atomic mass is 15.1. The highest BCUT2D eigenvalue weighted by Gasteiger charge is 2.23. The maximum absolute atomic E-state index is 2.50. The van der Waals surface area contributed by atoms with E-state index >= 15 is 0 Å². The second-order valence-corrected chi connectivity index (χ2v) is 13.7. The average molecular weight is 661 g/mol. The van der Waals surface area contributed by atoms with Gasteiger partial charge < -0.3 is 9.47 Å². The lowest BCUT2D eigenvalue weighted by Gasteiger charge is -2.25. The molecule has 11 rings (SSSR count). The molecule has 0 radical (unpaired) electrons. The molecule has 10 aromatic carbocycles. The first-order valence-electron chi connectivity index (χ1n) is 17.9. The van der Waals surface area contributed by atoms with Crippen LogP contribution in [0, 0.1) is 0 Å². The Hall–Kier alpha value is -6.90. The zero-order chi connectivity index (χ0) is 34.2. The molecule has 0 unspecified atom stereocenters. The summed E-state index contributed by atoms with van der Waals surface area (Å²) < 4.78 is 2.50. The van der Waals surface area contributed by atoms with Crippen molar-refractivity contribution >= 4 is 82.0 Å². The van der Waals surface area contributed by atoms with Crippen LogP contribution in [0.25, 0.3) is 81.7 Å². The van der Waals surface area contributed by atoms with Crippen molar-refractivity contribution in [2.24, 2.45) is 0 Å². The van der Waals surface area contributed by atoms with E-state index in [0.717, 1.165) is 22.7 Å². The molecule has 11 aromatic rings. The number of hydrogen-bond acceptors (Lipinski definition) is 1. The molecule has 0 aliphatic carbocycles. The largest absolute Gasteiger partial charge is 0.310 e. The van der Waals surface area contributed by atoms with E-state index in [4.69, 9.17) is 0 Å². The van der Waals surface area contributed by atoms with Crippen LogP contribution in [-0.4, -0.2) is 4.57 Å². The molecule has 0 saturated carbocycles. The van der Waals surface area contributed by atoms with Crippen molar-refractivity contribution in [3.8, 4) is 16.8 Å². The number of benzene rings is 10. The molecule has 2 nitrogen and oxygen atoms in total. The van der Waals surface area contributed by atoms with Crippen LogP contribution >= 0.6 is 0 Å². The standard InChI is InChI=1S/C50H32N2/c1-4-17-37(18-5-1)51(38-19-6-2-7-20-38)40-28-29-42-46(32-40)52(39-21-8-3-9-22-39)50-44-25-13-23-41-45(35-27-26-33-14-10-11-15-34(33)30-35)31-36-16-12-24-43(49(42)50)47(36)48(41)44/h1-32H. The van der Waals surface area contributed by atoms with Crippen LogP contribution in [0.1, 0.15) is 0 Å². The van der Waals surface area contributed by atoms with Crippen molar-refractivity contribution in [2.45, 2.75) is 0 Å². The van der Waals surface area contributed by atoms with Crippen LogP contribution in [0.2, 0.25) is 0 Å². The zero-order valence-electron chi connectivity index (χ0n) is 28.4. The Kier molecular flexibility index (Phi) is 6.28. The van der Waals surface area contributed by atoms with Crippen LogP contribution in [0.5, 0.6) is 0 Å². The summed E-state index contributed by atoms with van der Waals surface area (Å²) >= 11 is 0. The van der Waals surface area contributed by atoms with Crippen molar-refractivity contribution < 1.29 is 0 Å². The van der Waals surface area contributed by atoms with Gasteiger partial charge in [0.2, 0.25) is 0 Å². The first kappa shape index (κ1) is 28.9. The monoisotopic (exact) mass is 660 g/mol. The first-order valence-corrected chi connectivity index (χ1v) is 17.9. The minimum atomic E-state index is 1.12. The first-order chi connectivity index (χ1) is 25.8. The molecule has 0 atom stereocenters. The van der Waals surface area contributed by atoms with Gasteiger partial charge in [0, 0.05) is 44.3 Å². The molecule has 52 heavy (non-hydrogen) atoms. The van der Waals surface area contributed by atoms with E-state index in [-0.39, 0.29) is 0 Å². The fourth-order valence-corrected chi connectivity index (χ4v) is 8.64. The van der Waals surface area contributed by atoms with Gasteiger partial charge in [-0.2, -0.15) is 0 Å². The summed E-state index contributed by atoms with van der Waals surface area (Å²) in [6.07, 6.45) is 0. The van der Waals surface area contributed by atoms with Gasteiger partial charge in [0.15, 0.2) is 0 Å². The van der Waals surface area contributed by atoms with Crippen molar-refractivity contribution in [1.82, 2.24) is 4.57 Å². The quantitative estimate of drug-likeness (QED) is 0.167. The van der Waals surface area contributed by atoms with Crippen LogP contribution in [0.15, 0.2) is 194 Å². The molecule has 1 aromatic heterocycles. The predicted molar refractivity (Wildman–Crippen MR) is 222 cm³/mol. The number of hydrogen-bond donors (Lipinski definition) is 0. The third-order valence-corrected chi connectivity index (χ3v) is 10.8. The maximum Gasteiger partial charge on any atom is 0.0626 e. The lowest BCUT2D eigenvalue weighted by Crippen LogP contribution is -2.09. The Morgan fingerprint density at radius 3 is 1.75 bits per heavy atom. The summed E-state index contributed by atoms with van der Waals surface area (Å²) in [6, 6.07) is 70.9. The van der Waals surface area contributed by atoms with Crippen molar-refractivity contribution in [3.05, 3.63) is 194 Å². The highest BCUT2D eigenvalue weighted by Crippen LogP contribution is 2.49. The summed E-state index contributed by atoms with van der Waals surface area (Å²) in [5.41, 5.74) is 9.44. The van der Waals surface area contributed by atoms with E-state index in [0.29, 0.717) is 0 Å². The van der Waals surface area contributed by atoms with Gasteiger partial charge in [0.05, 0.1) is 11.0 Å². The molecule has 0 aliphatic heterocycles. The van der Waals surface area contributed by atoms with Crippen LogP contribution in [0.3, 0.4) is 0 Å². The number of rotatable bonds is 5. The number of aromatic nitrogens is 1. The molecular formula is C50H32N2. The molecule has 0 amide bonds. The van der Waals surface area contributed by atoms with E-state index in [1.54, 1.807) is 0 Å². The fraction of sp³-hybridized carbons (Fsp3) is 0. The second-order valence-electron chi connectivity index (χ2n) is 13.7. The molecule has 0 bridgehead atoms.